The van der Waals surface area contributed by atoms with Gasteiger partial charge in [0.15, 0.2) is 0 Å². The standard InChI is InChI=1S/C34H25F2N3S/c35-21-14-15-27(28(36)20-21)34-37-31(18-19-40-34)39-30-13-7-5-11-24(30)26-17-16-25-23-10-4-6-12-29(23)38(32(25)33(26)39)22-8-2-1-3-9-22/h1-17,20,24,30,34H,18-19H2. The van der Waals surface area contributed by atoms with Crippen molar-refractivity contribution in [2.75, 3.05) is 10.7 Å². The van der Waals surface area contributed by atoms with Crippen LogP contribution in [0.1, 0.15) is 28.8 Å². The number of aromatic nitrogens is 1. The van der Waals surface area contributed by atoms with Crippen LogP contribution in [0.15, 0.2) is 114 Å². The van der Waals surface area contributed by atoms with Gasteiger partial charge in [-0.05, 0) is 29.8 Å². The molecule has 0 spiro atoms. The molecule has 4 aromatic carbocycles. The van der Waals surface area contributed by atoms with Gasteiger partial charge >= 0.3 is 0 Å². The van der Waals surface area contributed by atoms with Crippen molar-refractivity contribution in [2.24, 2.45) is 4.99 Å². The number of anilines is 1. The highest BCUT2D eigenvalue weighted by Gasteiger charge is 2.42. The molecule has 0 bridgehead atoms. The SMILES string of the molecule is Fc1ccc(C2N=C(N3c4c(ccc5c6ccccc6n(-c6ccccc6)c45)C4C=CC=CC43)CCS2)c(F)c1. The van der Waals surface area contributed by atoms with E-state index >= 15 is 0 Å². The number of nitrogens with zero attached hydrogens (tertiary/aromatic N) is 3. The Morgan fingerprint density at radius 2 is 1.60 bits per heavy atom. The average Bonchev–Trinajstić information content (AvgIpc) is 3.51. The molecule has 0 radical (unpaired) electrons. The lowest BCUT2D eigenvalue weighted by Crippen LogP contribution is -2.40. The van der Waals surface area contributed by atoms with E-state index in [4.69, 9.17) is 4.99 Å². The molecule has 40 heavy (non-hydrogen) atoms. The van der Waals surface area contributed by atoms with E-state index in [1.165, 1.54) is 28.5 Å². The topological polar surface area (TPSA) is 20.5 Å². The first-order chi connectivity index (χ1) is 19.7. The molecule has 3 nitrogen and oxygen atoms in total. The number of hydrogen-bond acceptors (Lipinski definition) is 3. The normalized spacial score (nSPS) is 21.6. The van der Waals surface area contributed by atoms with E-state index in [0.717, 1.165) is 46.5 Å². The maximum Gasteiger partial charge on any atom is 0.132 e. The van der Waals surface area contributed by atoms with Gasteiger partial charge in [0.25, 0.3) is 0 Å². The van der Waals surface area contributed by atoms with Gasteiger partial charge in [0.05, 0.1) is 22.8 Å². The molecule has 0 saturated carbocycles. The zero-order chi connectivity index (χ0) is 26.8. The number of para-hydroxylation sites is 2. The van der Waals surface area contributed by atoms with Crippen molar-refractivity contribution in [1.82, 2.24) is 4.57 Å². The number of allylic oxidation sites excluding steroid dienone is 2. The van der Waals surface area contributed by atoms with Gasteiger partial charge in [-0.3, -0.25) is 4.99 Å². The van der Waals surface area contributed by atoms with Crippen molar-refractivity contribution in [2.45, 2.75) is 23.8 Å². The molecule has 3 unspecified atom stereocenters. The summed E-state index contributed by atoms with van der Waals surface area (Å²) in [5.74, 6) is 0.816. The van der Waals surface area contributed by atoms with Crippen molar-refractivity contribution in [3.8, 4) is 5.69 Å². The number of halogens is 2. The van der Waals surface area contributed by atoms with Gasteiger partial charge in [-0.25, -0.2) is 8.78 Å². The van der Waals surface area contributed by atoms with Gasteiger partial charge in [-0.1, -0.05) is 78.9 Å². The molecule has 3 aliphatic rings. The predicted molar refractivity (Wildman–Crippen MR) is 162 cm³/mol. The van der Waals surface area contributed by atoms with Crippen LogP contribution in [0.25, 0.3) is 27.5 Å². The number of fused-ring (bicyclic) bond motifs is 7. The summed E-state index contributed by atoms with van der Waals surface area (Å²) in [6.45, 7) is 0. The van der Waals surface area contributed by atoms with Crippen LogP contribution in [-0.4, -0.2) is 22.2 Å². The molecule has 6 heteroatoms. The molecule has 1 aromatic heterocycles. The van der Waals surface area contributed by atoms with E-state index in [1.54, 1.807) is 11.8 Å². The van der Waals surface area contributed by atoms with Crippen LogP contribution in [0, 0.1) is 11.6 Å². The van der Waals surface area contributed by atoms with E-state index in [0.29, 0.717) is 5.56 Å². The molecule has 1 aliphatic carbocycles. The fourth-order valence-electron chi connectivity index (χ4n) is 6.55. The van der Waals surface area contributed by atoms with Crippen molar-refractivity contribution in [1.29, 1.82) is 0 Å². The van der Waals surface area contributed by atoms with Crippen molar-refractivity contribution < 1.29 is 8.78 Å². The molecule has 5 aromatic rings. The average molecular weight is 546 g/mol. The molecule has 0 amide bonds. The van der Waals surface area contributed by atoms with Crippen molar-refractivity contribution in [3.63, 3.8) is 0 Å². The van der Waals surface area contributed by atoms with Crippen LogP contribution in [0.5, 0.6) is 0 Å². The summed E-state index contributed by atoms with van der Waals surface area (Å²) in [5, 5.41) is 1.98. The summed E-state index contributed by atoms with van der Waals surface area (Å²) < 4.78 is 30.9. The number of benzene rings is 4. The molecule has 3 heterocycles. The van der Waals surface area contributed by atoms with Crippen LogP contribution < -0.4 is 4.90 Å². The second-order valence-electron chi connectivity index (χ2n) is 10.4. The molecule has 0 N–H and O–H groups in total. The Morgan fingerprint density at radius 1 is 0.800 bits per heavy atom. The van der Waals surface area contributed by atoms with Gasteiger partial charge in [-0.15, -0.1) is 11.8 Å². The fraction of sp³-hybridized carbons (Fsp3) is 0.147. The van der Waals surface area contributed by atoms with Crippen molar-refractivity contribution >= 4 is 45.1 Å². The monoisotopic (exact) mass is 545 g/mol. The van der Waals surface area contributed by atoms with Gasteiger partial charge in [0.2, 0.25) is 0 Å². The maximum absolute atomic E-state index is 14.9. The minimum Gasteiger partial charge on any atom is -0.320 e. The number of aliphatic imine (C=N–C) groups is 1. The van der Waals surface area contributed by atoms with Gasteiger partial charge < -0.3 is 9.47 Å². The van der Waals surface area contributed by atoms with Crippen molar-refractivity contribution in [3.05, 3.63) is 132 Å². The van der Waals surface area contributed by atoms with E-state index in [9.17, 15) is 8.78 Å². The first kappa shape index (κ1) is 23.7. The second kappa shape index (κ2) is 9.20. The summed E-state index contributed by atoms with van der Waals surface area (Å²) in [5.41, 5.74) is 6.28. The molecular weight excluding hydrogens is 520 g/mol. The molecule has 3 atom stereocenters. The molecule has 196 valence electrons. The summed E-state index contributed by atoms with van der Waals surface area (Å²) in [6.07, 6.45) is 9.54. The quantitative estimate of drug-likeness (QED) is 0.221. The number of amidine groups is 1. The van der Waals surface area contributed by atoms with E-state index in [-0.39, 0.29) is 12.0 Å². The lowest BCUT2D eigenvalue weighted by Gasteiger charge is -2.33. The lowest BCUT2D eigenvalue weighted by atomic mass is 9.91. The molecule has 0 saturated heterocycles. The van der Waals surface area contributed by atoms with Crippen LogP contribution in [0.3, 0.4) is 0 Å². The van der Waals surface area contributed by atoms with Crippen LogP contribution in [0.4, 0.5) is 14.5 Å². The first-order valence-electron chi connectivity index (χ1n) is 13.6. The summed E-state index contributed by atoms with van der Waals surface area (Å²) in [4.78, 5) is 7.55. The predicted octanol–water partition coefficient (Wildman–Crippen LogP) is 8.69. The molecule has 0 fully saturated rings. The third-order valence-corrected chi connectivity index (χ3v) is 9.35. The van der Waals surface area contributed by atoms with Gasteiger partial charge in [0.1, 0.15) is 22.8 Å². The number of thioether (sulfide) groups is 1. The summed E-state index contributed by atoms with van der Waals surface area (Å²) in [6, 6.07) is 27.5. The van der Waals surface area contributed by atoms with Crippen LogP contribution in [0.2, 0.25) is 0 Å². The Hall–Kier alpha value is -4.16. The zero-order valence-corrected chi connectivity index (χ0v) is 22.4. The van der Waals surface area contributed by atoms with E-state index in [2.05, 4.69) is 94.4 Å². The number of rotatable bonds is 2. The minimum absolute atomic E-state index is 0.0772. The third kappa shape index (κ3) is 3.52. The lowest BCUT2D eigenvalue weighted by molar-refractivity contribution is 0.571. The highest BCUT2D eigenvalue weighted by Crippen LogP contribution is 2.51. The zero-order valence-electron chi connectivity index (χ0n) is 21.5. The Labute approximate surface area is 235 Å². The highest BCUT2D eigenvalue weighted by molar-refractivity contribution is 7.99. The number of hydrogen-bond donors (Lipinski definition) is 0. The third-order valence-electron chi connectivity index (χ3n) is 8.23. The largest absolute Gasteiger partial charge is 0.320 e. The Balaban J connectivity index is 1.40. The van der Waals surface area contributed by atoms with Crippen LogP contribution in [-0.2, 0) is 0 Å². The molecule has 2 aliphatic heterocycles. The van der Waals surface area contributed by atoms with E-state index in [1.807, 2.05) is 6.07 Å². The first-order valence-corrected chi connectivity index (χ1v) is 14.6. The smallest absolute Gasteiger partial charge is 0.132 e. The maximum atomic E-state index is 14.9. The minimum atomic E-state index is -0.571. The van der Waals surface area contributed by atoms with Crippen LogP contribution >= 0.6 is 11.8 Å². The Kier molecular flexibility index (Phi) is 5.45. The summed E-state index contributed by atoms with van der Waals surface area (Å²) >= 11 is 1.60. The van der Waals surface area contributed by atoms with Gasteiger partial charge in [0, 0.05) is 46.2 Å². The fourth-order valence-corrected chi connectivity index (χ4v) is 7.64. The molecular formula is C34H25F2N3S. The second-order valence-corrected chi connectivity index (χ2v) is 11.6. The Bertz CT molecular complexity index is 1890. The molecule has 8 rings (SSSR count). The van der Waals surface area contributed by atoms with Gasteiger partial charge in [-0.2, -0.15) is 0 Å². The Morgan fingerprint density at radius 3 is 2.48 bits per heavy atom. The highest BCUT2D eigenvalue weighted by atomic mass is 32.2. The van der Waals surface area contributed by atoms with E-state index < -0.39 is 17.0 Å². The summed E-state index contributed by atoms with van der Waals surface area (Å²) in [7, 11) is 0.